The Labute approximate surface area is 189 Å². The molecule has 5 nitrogen and oxygen atoms in total. The zero-order chi connectivity index (χ0) is 23.3. The minimum atomic E-state index is -0.999. The van der Waals surface area contributed by atoms with Gasteiger partial charge in [0.25, 0.3) is 0 Å². The quantitative estimate of drug-likeness (QED) is 0.331. The number of hydrogen-bond donors (Lipinski definition) is 3. The SMILES string of the molecule is CC(C)C[C@H](O)[C@H](O)[C@H](CCCCCCCCc1ccccc1)NC(=O)OC(C)(C)C. The van der Waals surface area contributed by atoms with Gasteiger partial charge in [0.1, 0.15) is 11.7 Å². The lowest BCUT2D eigenvalue weighted by Gasteiger charge is -2.30. The molecule has 0 aromatic heterocycles. The van der Waals surface area contributed by atoms with Crippen molar-refractivity contribution in [1.82, 2.24) is 5.32 Å². The number of carbonyl (C=O) groups excluding carboxylic acids is 1. The van der Waals surface area contributed by atoms with Gasteiger partial charge in [-0.2, -0.15) is 0 Å². The molecular weight excluding hydrogens is 390 g/mol. The van der Waals surface area contributed by atoms with Crippen molar-refractivity contribution in [2.24, 2.45) is 5.92 Å². The predicted molar refractivity (Wildman–Crippen MR) is 127 cm³/mol. The highest BCUT2D eigenvalue weighted by molar-refractivity contribution is 5.68. The van der Waals surface area contributed by atoms with Crippen molar-refractivity contribution in [3.05, 3.63) is 35.9 Å². The zero-order valence-electron chi connectivity index (χ0n) is 20.3. The van der Waals surface area contributed by atoms with Gasteiger partial charge in [0.05, 0.1) is 12.1 Å². The van der Waals surface area contributed by atoms with Gasteiger partial charge >= 0.3 is 6.09 Å². The fourth-order valence-electron chi connectivity index (χ4n) is 3.72. The standard InChI is InChI=1S/C26H45NO4/c1-20(2)19-23(28)24(29)22(27-25(30)31-26(3,4)5)18-14-9-7-6-8-11-15-21-16-12-10-13-17-21/h10,12-13,16-17,20,22-24,28-29H,6-9,11,14-15,18-19H2,1-5H3,(H,27,30)/t22-,23-,24+/m0/s1. The second kappa shape index (κ2) is 14.5. The molecule has 1 aromatic rings. The zero-order valence-corrected chi connectivity index (χ0v) is 20.3. The van der Waals surface area contributed by atoms with E-state index in [1.165, 1.54) is 24.8 Å². The first-order chi connectivity index (χ1) is 14.6. The van der Waals surface area contributed by atoms with E-state index in [0.29, 0.717) is 12.8 Å². The highest BCUT2D eigenvalue weighted by Gasteiger charge is 2.29. The monoisotopic (exact) mass is 435 g/mol. The number of aliphatic hydroxyl groups is 2. The highest BCUT2D eigenvalue weighted by Crippen LogP contribution is 2.17. The van der Waals surface area contributed by atoms with Gasteiger partial charge in [-0.25, -0.2) is 4.79 Å². The van der Waals surface area contributed by atoms with Crippen molar-refractivity contribution < 1.29 is 19.7 Å². The maximum Gasteiger partial charge on any atom is 0.407 e. The average Bonchev–Trinajstić information content (AvgIpc) is 2.67. The van der Waals surface area contributed by atoms with Crippen LogP contribution in [0.25, 0.3) is 0 Å². The first-order valence-corrected chi connectivity index (χ1v) is 12.0. The number of rotatable bonds is 14. The molecule has 3 N–H and O–H groups in total. The number of amides is 1. The van der Waals surface area contributed by atoms with Crippen LogP contribution in [0.4, 0.5) is 4.79 Å². The molecule has 3 atom stereocenters. The normalized spacial score (nSPS) is 14.8. The van der Waals surface area contributed by atoms with Crippen LogP contribution in [-0.2, 0) is 11.2 Å². The summed E-state index contributed by atoms with van der Waals surface area (Å²) in [5.74, 6) is 0.266. The van der Waals surface area contributed by atoms with E-state index in [-0.39, 0.29) is 5.92 Å². The predicted octanol–water partition coefficient (Wildman–Crippen LogP) is 5.62. The third-order valence-corrected chi connectivity index (χ3v) is 5.29. The van der Waals surface area contributed by atoms with Crippen LogP contribution >= 0.6 is 0 Å². The molecule has 0 bridgehead atoms. The number of nitrogens with one attached hydrogen (secondary N) is 1. The number of ether oxygens (including phenoxy) is 1. The highest BCUT2D eigenvalue weighted by atomic mass is 16.6. The summed E-state index contributed by atoms with van der Waals surface area (Å²) in [4.78, 5) is 12.2. The van der Waals surface area contributed by atoms with E-state index in [4.69, 9.17) is 4.74 Å². The molecule has 0 aliphatic carbocycles. The van der Waals surface area contributed by atoms with Crippen LogP contribution in [0.3, 0.4) is 0 Å². The Morgan fingerprint density at radius 2 is 1.55 bits per heavy atom. The Morgan fingerprint density at radius 1 is 0.968 bits per heavy atom. The van der Waals surface area contributed by atoms with Gasteiger partial charge in [-0.3, -0.25) is 0 Å². The molecule has 0 saturated carbocycles. The summed E-state index contributed by atoms with van der Waals surface area (Å²) >= 11 is 0. The maximum absolute atomic E-state index is 12.2. The van der Waals surface area contributed by atoms with Crippen LogP contribution in [-0.4, -0.2) is 40.2 Å². The summed E-state index contributed by atoms with van der Waals surface area (Å²) in [5, 5.41) is 23.8. The van der Waals surface area contributed by atoms with Crippen LogP contribution < -0.4 is 5.32 Å². The molecule has 5 heteroatoms. The first-order valence-electron chi connectivity index (χ1n) is 12.0. The van der Waals surface area contributed by atoms with Crippen LogP contribution in [0.1, 0.15) is 91.5 Å². The number of unbranched alkanes of at least 4 members (excludes halogenated alkanes) is 5. The lowest BCUT2D eigenvalue weighted by atomic mass is 9.94. The summed E-state index contributed by atoms with van der Waals surface area (Å²) in [6.07, 6.45) is 6.52. The molecule has 1 rings (SSSR count). The number of hydrogen-bond acceptors (Lipinski definition) is 4. The Morgan fingerprint density at radius 3 is 2.13 bits per heavy atom. The van der Waals surface area contributed by atoms with Crippen molar-refractivity contribution in [3.63, 3.8) is 0 Å². The molecule has 1 aromatic carbocycles. The van der Waals surface area contributed by atoms with Gasteiger partial charge in [0.15, 0.2) is 0 Å². The molecule has 178 valence electrons. The van der Waals surface area contributed by atoms with Crippen molar-refractivity contribution >= 4 is 6.09 Å². The Bertz CT molecular complexity index is 597. The molecule has 0 radical (unpaired) electrons. The molecule has 1 amide bonds. The molecule has 0 spiro atoms. The minimum Gasteiger partial charge on any atom is -0.444 e. The number of aryl methyl sites for hydroxylation is 1. The smallest absolute Gasteiger partial charge is 0.407 e. The lowest BCUT2D eigenvalue weighted by Crippen LogP contribution is -2.50. The van der Waals surface area contributed by atoms with E-state index in [0.717, 1.165) is 25.7 Å². The second-order valence-electron chi connectivity index (χ2n) is 10.1. The molecule has 0 aliphatic heterocycles. The third-order valence-electron chi connectivity index (χ3n) is 5.29. The van der Waals surface area contributed by atoms with Crippen LogP contribution in [0.5, 0.6) is 0 Å². The van der Waals surface area contributed by atoms with Gasteiger partial charge in [-0.05, 0) is 57.9 Å². The summed E-state index contributed by atoms with van der Waals surface area (Å²) < 4.78 is 5.34. The van der Waals surface area contributed by atoms with E-state index < -0.39 is 29.9 Å². The van der Waals surface area contributed by atoms with Crippen molar-refractivity contribution in [3.8, 4) is 0 Å². The van der Waals surface area contributed by atoms with Gasteiger partial charge in [0.2, 0.25) is 0 Å². The molecule has 0 saturated heterocycles. The fourth-order valence-corrected chi connectivity index (χ4v) is 3.72. The summed E-state index contributed by atoms with van der Waals surface area (Å²) in [6.45, 7) is 9.43. The average molecular weight is 436 g/mol. The van der Waals surface area contributed by atoms with E-state index in [1.807, 2.05) is 40.7 Å². The van der Waals surface area contributed by atoms with Gasteiger partial charge in [-0.1, -0.05) is 76.3 Å². The second-order valence-corrected chi connectivity index (χ2v) is 10.1. The van der Waals surface area contributed by atoms with E-state index in [1.54, 1.807) is 0 Å². The van der Waals surface area contributed by atoms with Crippen molar-refractivity contribution in [2.45, 2.75) is 116 Å². The number of alkyl carbamates (subject to hydrolysis) is 1. The van der Waals surface area contributed by atoms with Crippen LogP contribution in [0.15, 0.2) is 30.3 Å². The van der Waals surface area contributed by atoms with E-state index >= 15 is 0 Å². The van der Waals surface area contributed by atoms with E-state index in [9.17, 15) is 15.0 Å². The van der Waals surface area contributed by atoms with Crippen LogP contribution in [0.2, 0.25) is 0 Å². The maximum atomic E-state index is 12.2. The Balaban J connectivity index is 2.37. The topological polar surface area (TPSA) is 78.8 Å². The minimum absolute atomic E-state index is 0.266. The largest absolute Gasteiger partial charge is 0.444 e. The van der Waals surface area contributed by atoms with Gasteiger partial charge < -0.3 is 20.3 Å². The Kier molecular flexibility index (Phi) is 12.8. The Hall–Kier alpha value is -1.59. The van der Waals surface area contributed by atoms with Crippen LogP contribution in [0, 0.1) is 5.92 Å². The first kappa shape index (κ1) is 27.4. The van der Waals surface area contributed by atoms with E-state index in [2.05, 4.69) is 29.6 Å². The lowest BCUT2D eigenvalue weighted by molar-refractivity contribution is -0.0198. The molecule has 0 aliphatic rings. The molecular formula is C26H45NO4. The van der Waals surface area contributed by atoms with Crippen molar-refractivity contribution in [1.29, 1.82) is 0 Å². The summed E-state index contributed by atoms with van der Waals surface area (Å²) in [5.41, 5.74) is 0.795. The molecule has 31 heavy (non-hydrogen) atoms. The number of benzene rings is 1. The third kappa shape index (κ3) is 13.4. The summed E-state index contributed by atoms with van der Waals surface area (Å²) in [6, 6.07) is 10.1. The molecule has 0 unspecified atom stereocenters. The number of aliphatic hydroxyl groups excluding tert-OH is 2. The van der Waals surface area contributed by atoms with Crippen molar-refractivity contribution in [2.75, 3.05) is 0 Å². The van der Waals surface area contributed by atoms with Gasteiger partial charge in [0, 0.05) is 0 Å². The molecule has 0 fully saturated rings. The molecule has 0 heterocycles. The number of carbonyl (C=O) groups is 1. The summed E-state index contributed by atoms with van der Waals surface area (Å²) in [7, 11) is 0. The fraction of sp³-hybridized carbons (Fsp3) is 0.731. The van der Waals surface area contributed by atoms with Gasteiger partial charge in [-0.15, -0.1) is 0 Å².